The van der Waals surface area contributed by atoms with Gasteiger partial charge >= 0.3 is 5.97 Å². The summed E-state index contributed by atoms with van der Waals surface area (Å²) in [4.78, 5) is 10.6. The van der Waals surface area contributed by atoms with Crippen molar-refractivity contribution in [3.8, 4) is 0 Å². The van der Waals surface area contributed by atoms with Gasteiger partial charge in [-0.05, 0) is 19.3 Å². The lowest BCUT2D eigenvalue weighted by molar-refractivity contribution is -0.140. The fraction of sp³-hybridized carbons (Fsp3) is 0.727. The van der Waals surface area contributed by atoms with E-state index in [1.54, 1.807) is 0 Å². The predicted octanol–water partition coefficient (Wildman–Crippen LogP) is 2.87. The zero-order chi connectivity index (χ0) is 13.3. The van der Waals surface area contributed by atoms with E-state index < -0.39 is 37.8 Å². The van der Waals surface area contributed by atoms with E-state index in [1.807, 2.05) is 0 Å². The molecule has 0 aromatic heterocycles. The van der Waals surface area contributed by atoms with Crippen LogP contribution < -0.4 is 0 Å². The maximum Gasteiger partial charge on any atom is 0.330 e. The monoisotopic (exact) mass is 256 g/mol. The molecule has 0 aromatic rings. The van der Waals surface area contributed by atoms with Crippen LogP contribution >= 0.6 is 0 Å². The number of unbranched alkanes of at least 4 members (excludes halogenated alkanes) is 1. The molecule has 100 valence electrons. The summed E-state index contributed by atoms with van der Waals surface area (Å²) in [6.07, 6.45) is -5.78. The third-order valence-electron chi connectivity index (χ3n) is 2.11. The van der Waals surface area contributed by atoms with E-state index in [9.17, 15) is 22.4 Å². The van der Waals surface area contributed by atoms with E-state index in [4.69, 9.17) is 0 Å². The molecule has 0 bridgehead atoms. The molecule has 3 atom stereocenters. The molecule has 6 heteroatoms. The lowest BCUT2D eigenvalue weighted by Gasteiger charge is -2.17. The molecule has 0 spiro atoms. The zero-order valence-corrected chi connectivity index (χ0v) is 9.38. The van der Waals surface area contributed by atoms with Crippen LogP contribution in [0.25, 0.3) is 0 Å². The van der Waals surface area contributed by atoms with Crippen LogP contribution in [0.1, 0.15) is 19.3 Å². The first-order valence-electron chi connectivity index (χ1n) is 5.30. The smallest absolute Gasteiger partial charge is 0.330 e. The van der Waals surface area contributed by atoms with Gasteiger partial charge in [0.25, 0.3) is 0 Å². The van der Waals surface area contributed by atoms with Crippen molar-refractivity contribution in [3.05, 3.63) is 12.7 Å². The minimum absolute atomic E-state index is 0.121. The van der Waals surface area contributed by atoms with Gasteiger partial charge in [-0.15, -0.1) is 0 Å². The van der Waals surface area contributed by atoms with Gasteiger partial charge in [0.1, 0.15) is 12.8 Å². The van der Waals surface area contributed by atoms with Gasteiger partial charge in [0.05, 0.1) is 6.67 Å². The number of carbonyl (C=O) groups excluding carboxylic acids is 1. The topological polar surface area (TPSA) is 26.3 Å². The van der Waals surface area contributed by atoms with Crippen LogP contribution in [-0.4, -0.2) is 37.8 Å². The number of hydrogen-bond acceptors (Lipinski definition) is 2. The number of halogens is 4. The van der Waals surface area contributed by atoms with E-state index in [-0.39, 0.29) is 19.3 Å². The summed E-state index contributed by atoms with van der Waals surface area (Å²) < 4.78 is 55.2. The van der Waals surface area contributed by atoms with Crippen LogP contribution in [0.15, 0.2) is 12.7 Å². The number of rotatable bonds is 9. The van der Waals surface area contributed by atoms with Crippen molar-refractivity contribution in [2.75, 3.05) is 13.3 Å². The van der Waals surface area contributed by atoms with Crippen molar-refractivity contribution >= 4 is 5.97 Å². The Balaban J connectivity index is 3.88. The minimum Gasteiger partial charge on any atom is -0.459 e. The lowest BCUT2D eigenvalue weighted by atomic mass is 10.1. The molecule has 0 saturated carbocycles. The maximum absolute atomic E-state index is 13.1. The molecule has 0 aliphatic heterocycles. The van der Waals surface area contributed by atoms with Gasteiger partial charge in [-0.25, -0.2) is 18.0 Å². The van der Waals surface area contributed by atoms with Gasteiger partial charge in [-0.3, -0.25) is 4.39 Å². The van der Waals surface area contributed by atoms with Gasteiger partial charge in [-0.1, -0.05) is 6.58 Å². The average molecular weight is 256 g/mol. The van der Waals surface area contributed by atoms with Crippen molar-refractivity contribution in [1.29, 1.82) is 0 Å². The second-order valence-electron chi connectivity index (χ2n) is 3.50. The molecule has 0 aliphatic carbocycles. The van der Waals surface area contributed by atoms with Gasteiger partial charge in [0.2, 0.25) is 0 Å². The van der Waals surface area contributed by atoms with Crippen molar-refractivity contribution < 1.29 is 27.1 Å². The van der Waals surface area contributed by atoms with Crippen LogP contribution in [0.4, 0.5) is 17.6 Å². The highest BCUT2D eigenvalue weighted by atomic mass is 19.2. The summed E-state index contributed by atoms with van der Waals surface area (Å²) >= 11 is 0. The standard InChI is InChI=1S/C11H16F4O2/c1-2-10(16)17-7-9(14)11(15)8(13)5-3-4-6-12/h2,8-9,11H,1,3-7H2. The summed E-state index contributed by atoms with van der Waals surface area (Å²) in [5.41, 5.74) is 0. The molecule has 0 saturated heterocycles. The summed E-state index contributed by atoms with van der Waals surface area (Å²) in [6.45, 7) is 1.61. The molecule has 0 fully saturated rings. The van der Waals surface area contributed by atoms with Gasteiger partial charge in [0.15, 0.2) is 12.3 Å². The molecule has 0 radical (unpaired) electrons. The Morgan fingerprint density at radius 3 is 2.41 bits per heavy atom. The minimum atomic E-state index is -2.37. The third-order valence-corrected chi connectivity index (χ3v) is 2.11. The maximum atomic E-state index is 13.1. The molecule has 17 heavy (non-hydrogen) atoms. The van der Waals surface area contributed by atoms with Crippen LogP contribution in [0, 0.1) is 0 Å². The van der Waals surface area contributed by atoms with E-state index in [2.05, 4.69) is 11.3 Å². The predicted molar refractivity (Wildman–Crippen MR) is 55.7 cm³/mol. The molecule has 3 unspecified atom stereocenters. The molecule has 0 aliphatic rings. The number of ether oxygens (including phenoxy) is 1. The molecule has 0 amide bonds. The SMILES string of the molecule is C=CC(=O)OCC(F)C(F)C(F)CCCCF. The zero-order valence-electron chi connectivity index (χ0n) is 9.38. The highest BCUT2D eigenvalue weighted by molar-refractivity contribution is 5.81. The highest BCUT2D eigenvalue weighted by Crippen LogP contribution is 2.17. The number of alkyl halides is 4. The second-order valence-corrected chi connectivity index (χ2v) is 3.50. The Hall–Kier alpha value is -1.07. The summed E-state index contributed by atoms with van der Waals surface area (Å²) in [7, 11) is 0. The Labute approximate surface area is 97.6 Å². The molecule has 0 heterocycles. The quantitative estimate of drug-likeness (QED) is 0.274. The molecule has 0 rings (SSSR count). The number of hydrogen-bond donors (Lipinski definition) is 0. The molecule has 0 N–H and O–H groups in total. The summed E-state index contributed by atoms with van der Waals surface area (Å²) in [5.74, 6) is -0.896. The molecule has 2 nitrogen and oxygen atoms in total. The molecular formula is C11H16F4O2. The fourth-order valence-corrected chi connectivity index (χ4v) is 1.13. The third kappa shape index (κ3) is 6.97. The Kier molecular flexibility index (Phi) is 8.44. The van der Waals surface area contributed by atoms with Gasteiger partial charge in [-0.2, -0.15) is 0 Å². The van der Waals surface area contributed by atoms with E-state index in [1.165, 1.54) is 0 Å². The summed E-state index contributed by atoms with van der Waals surface area (Å²) in [5, 5.41) is 0. The van der Waals surface area contributed by atoms with Crippen LogP contribution in [-0.2, 0) is 9.53 Å². The highest BCUT2D eigenvalue weighted by Gasteiger charge is 2.30. The van der Waals surface area contributed by atoms with Crippen molar-refractivity contribution in [3.63, 3.8) is 0 Å². The first-order valence-corrected chi connectivity index (χ1v) is 5.30. The average Bonchev–Trinajstić information content (AvgIpc) is 2.34. The van der Waals surface area contributed by atoms with Crippen molar-refractivity contribution in [1.82, 2.24) is 0 Å². The molecule has 0 aromatic carbocycles. The first kappa shape index (κ1) is 15.9. The molecular weight excluding hydrogens is 240 g/mol. The largest absolute Gasteiger partial charge is 0.459 e. The Morgan fingerprint density at radius 1 is 1.24 bits per heavy atom. The van der Waals surface area contributed by atoms with E-state index in [0.29, 0.717) is 0 Å². The van der Waals surface area contributed by atoms with Crippen molar-refractivity contribution in [2.45, 2.75) is 37.8 Å². The van der Waals surface area contributed by atoms with Gasteiger partial charge in [0, 0.05) is 6.08 Å². The lowest BCUT2D eigenvalue weighted by Crippen LogP contribution is -2.32. The van der Waals surface area contributed by atoms with Crippen molar-refractivity contribution in [2.24, 2.45) is 0 Å². The Morgan fingerprint density at radius 2 is 1.88 bits per heavy atom. The summed E-state index contributed by atoms with van der Waals surface area (Å²) in [6, 6.07) is 0. The van der Waals surface area contributed by atoms with Crippen LogP contribution in [0.2, 0.25) is 0 Å². The van der Waals surface area contributed by atoms with Crippen LogP contribution in [0.5, 0.6) is 0 Å². The fourth-order valence-electron chi connectivity index (χ4n) is 1.13. The van der Waals surface area contributed by atoms with E-state index in [0.717, 1.165) is 6.08 Å². The number of esters is 1. The number of carbonyl (C=O) groups is 1. The van der Waals surface area contributed by atoms with E-state index >= 15 is 0 Å². The first-order chi connectivity index (χ1) is 8.02. The second kappa shape index (κ2) is 9.01. The normalized spacial score (nSPS) is 16.0. The van der Waals surface area contributed by atoms with Gasteiger partial charge < -0.3 is 4.74 Å². The Bertz CT molecular complexity index is 236. The van der Waals surface area contributed by atoms with Crippen LogP contribution in [0.3, 0.4) is 0 Å².